The number of benzene rings is 1. The van der Waals surface area contributed by atoms with E-state index in [1.807, 2.05) is 0 Å². The van der Waals surface area contributed by atoms with Gasteiger partial charge in [-0.2, -0.15) is 0 Å². The van der Waals surface area contributed by atoms with Gasteiger partial charge in [-0.05, 0) is 42.9 Å². The van der Waals surface area contributed by atoms with E-state index in [-0.39, 0.29) is 29.9 Å². The van der Waals surface area contributed by atoms with Crippen molar-refractivity contribution in [3.8, 4) is 0 Å². The van der Waals surface area contributed by atoms with Crippen LogP contribution in [0.2, 0.25) is 0 Å². The summed E-state index contributed by atoms with van der Waals surface area (Å²) in [5.41, 5.74) is 0.758. The number of guanidine groups is 1. The van der Waals surface area contributed by atoms with E-state index in [1.165, 1.54) is 12.1 Å². The molecule has 0 amide bonds. The molecule has 0 saturated heterocycles. The van der Waals surface area contributed by atoms with E-state index in [4.69, 9.17) is 0 Å². The van der Waals surface area contributed by atoms with Crippen molar-refractivity contribution in [2.45, 2.75) is 31.2 Å². The summed E-state index contributed by atoms with van der Waals surface area (Å²) in [7, 11) is 0. The minimum Gasteiger partial charge on any atom is -0.356 e. The standard InChI is InChI=1S/C14H17F2N3.HI/c15-11-4-9(5-12(16)8-11)10-6-13(7-10)19-14-17-2-1-3-18-14;/h4-5,8,10,13H,1-3,6-7H2,(H2,17,18,19);1H. The third-order valence-electron chi connectivity index (χ3n) is 3.73. The van der Waals surface area contributed by atoms with E-state index in [1.54, 1.807) is 0 Å². The monoisotopic (exact) mass is 393 g/mol. The molecule has 0 bridgehead atoms. The van der Waals surface area contributed by atoms with Crippen LogP contribution < -0.4 is 10.6 Å². The summed E-state index contributed by atoms with van der Waals surface area (Å²) in [6.45, 7) is 1.82. The third-order valence-corrected chi connectivity index (χ3v) is 3.73. The Hall–Kier alpha value is -0.920. The maximum Gasteiger partial charge on any atom is 0.191 e. The SMILES string of the molecule is Fc1cc(F)cc(C2CC(NC3=NCCCN3)C2)c1.I. The van der Waals surface area contributed by atoms with Gasteiger partial charge in [-0.1, -0.05) is 0 Å². The molecular formula is C14H18F2IN3. The van der Waals surface area contributed by atoms with Gasteiger partial charge in [0.1, 0.15) is 11.6 Å². The van der Waals surface area contributed by atoms with Gasteiger partial charge in [-0.25, -0.2) is 8.78 Å². The highest BCUT2D eigenvalue weighted by molar-refractivity contribution is 14.0. The van der Waals surface area contributed by atoms with Gasteiger partial charge in [0.05, 0.1) is 0 Å². The lowest BCUT2D eigenvalue weighted by molar-refractivity contribution is 0.319. The Morgan fingerprint density at radius 3 is 2.45 bits per heavy atom. The van der Waals surface area contributed by atoms with Gasteiger partial charge in [0, 0.05) is 25.2 Å². The van der Waals surface area contributed by atoms with Crippen molar-refractivity contribution in [2.75, 3.05) is 13.1 Å². The zero-order chi connectivity index (χ0) is 13.2. The molecule has 0 aromatic heterocycles. The predicted molar refractivity (Wildman–Crippen MR) is 85.6 cm³/mol. The molecule has 1 heterocycles. The van der Waals surface area contributed by atoms with Crippen LogP contribution in [0.5, 0.6) is 0 Å². The molecule has 0 radical (unpaired) electrons. The molecule has 1 aromatic carbocycles. The van der Waals surface area contributed by atoms with Crippen molar-refractivity contribution < 1.29 is 8.78 Å². The van der Waals surface area contributed by atoms with Crippen molar-refractivity contribution in [1.29, 1.82) is 0 Å². The fourth-order valence-electron chi connectivity index (χ4n) is 2.64. The maximum atomic E-state index is 13.1. The second-order valence-corrected chi connectivity index (χ2v) is 5.22. The van der Waals surface area contributed by atoms with E-state index in [0.717, 1.165) is 49.9 Å². The minimum atomic E-state index is -0.496. The van der Waals surface area contributed by atoms with Crippen LogP contribution in [0.15, 0.2) is 23.2 Å². The Balaban J connectivity index is 0.00000147. The average molecular weight is 393 g/mol. The first-order valence-electron chi connectivity index (χ1n) is 6.71. The number of nitrogens with one attached hydrogen (secondary N) is 2. The topological polar surface area (TPSA) is 36.4 Å². The largest absolute Gasteiger partial charge is 0.356 e. The summed E-state index contributed by atoms with van der Waals surface area (Å²) in [6.07, 6.45) is 2.86. The van der Waals surface area contributed by atoms with Crippen molar-refractivity contribution in [1.82, 2.24) is 10.6 Å². The van der Waals surface area contributed by atoms with Gasteiger partial charge in [0.2, 0.25) is 0 Å². The molecule has 1 fully saturated rings. The number of hydrogen-bond acceptors (Lipinski definition) is 3. The normalized spacial score (nSPS) is 24.8. The van der Waals surface area contributed by atoms with Gasteiger partial charge < -0.3 is 10.6 Å². The molecule has 3 nitrogen and oxygen atoms in total. The van der Waals surface area contributed by atoms with Crippen LogP contribution in [0.4, 0.5) is 8.78 Å². The molecule has 3 rings (SSSR count). The van der Waals surface area contributed by atoms with Crippen LogP contribution in [0, 0.1) is 11.6 Å². The van der Waals surface area contributed by atoms with Gasteiger partial charge in [0.25, 0.3) is 0 Å². The van der Waals surface area contributed by atoms with Gasteiger partial charge in [-0.3, -0.25) is 4.99 Å². The number of halogens is 3. The lowest BCUT2D eigenvalue weighted by Crippen LogP contribution is -2.50. The maximum absolute atomic E-state index is 13.1. The van der Waals surface area contributed by atoms with Crippen LogP contribution in [0.25, 0.3) is 0 Å². The first-order valence-corrected chi connectivity index (χ1v) is 6.71. The van der Waals surface area contributed by atoms with E-state index in [2.05, 4.69) is 15.6 Å². The number of hydrogen-bond donors (Lipinski definition) is 2. The van der Waals surface area contributed by atoms with E-state index >= 15 is 0 Å². The Labute approximate surface area is 134 Å². The second-order valence-electron chi connectivity index (χ2n) is 5.22. The summed E-state index contributed by atoms with van der Waals surface area (Å²) in [5.74, 6) is 0.112. The molecular weight excluding hydrogens is 375 g/mol. The smallest absolute Gasteiger partial charge is 0.191 e. The highest BCUT2D eigenvalue weighted by Crippen LogP contribution is 2.37. The first-order chi connectivity index (χ1) is 9.20. The number of nitrogens with zero attached hydrogens (tertiary/aromatic N) is 1. The summed E-state index contributed by atoms with van der Waals surface area (Å²) >= 11 is 0. The zero-order valence-electron chi connectivity index (χ0n) is 11.0. The van der Waals surface area contributed by atoms with Crippen molar-refractivity contribution in [2.24, 2.45) is 4.99 Å². The van der Waals surface area contributed by atoms with Crippen molar-refractivity contribution in [3.63, 3.8) is 0 Å². The summed E-state index contributed by atoms with van der Waals surface area (Å²) in [6, 6.07) is 4.12. The Bertz CT molecular complexity index is 481. The van der Waals surface area contributed by atoms with Crippen molar-refractivity contribution in [3.05, 3.63) is 35.4 Å². The van der Waals surface area contributed by atoms with E-state index < -0.39 is 11.6 Å². The summed E-state index contributed by atoms with van der Waals surface area (Å²) < 4.78 is 26.3. The quantitative estimate of drug-likeness (QED) is 0.759. The second kappa shape index (κ2) is 6.69. The Morgan fingerprint density at radius 2 is 1.85 bits per heavy atom. The molecule has 1 saturated carbocycles. The average Bonchev–Trinajstić information content (AvgIpc) is 2.33. The minimum absolute atomic E-state index is 0. The van der Waals surface area contributed by atoms with Gasteiger partial charge in [-0.15, -0.1) is 24.0 Å². The van der Waals surface area contributed by atoms with E-state index in [0.29, 0.717) is 6.04 Å². The molecule has 1 aliphatic carbocycles. The molecule has 20 heavy (non-hydrogen) atoms. The molecule has 2 aliphatic rings. The molecule has 110 valence electrons. The highest BCUT2D eigenvalue weighted by atomic mass is 127. The number of rotatable bonds is 2. The van der Waals surface area contributed by atoms with Gasteiger partial charge >= 0.3 is 0 Å². The van der Waals surface area contributed by atoms with Crippen molar-refractivity contribution >= 4 is 29.9 Å². The fourth-order valence-corrected chi connectivity index (χ4v) is 2.64. The van der Waals surface area contributed by atoms with Crippen LogP contribution in [-0.2, 0) is 0 Å². The lowest BCUT2D eigenvalue weighted by Gasteiger charge is -2.37. The first kappa shape index (κ1) is 15.5. The van der Waals surface area contributed by atoms with Crippen LogP contribution in [0.3, 0.4) is 0 Å². The number of aliphatic imine (C=N–C) groups is 1. The lowest BCUT2D eigenvalue weighted by atomic mass is 9.76. The Morgan fingerprint density at radius 1 is 1.15 bits per heavy atom. The molecule has 0 atom stereocenters. The van der Waals surface area contributed by atoms with Gasteiger partial charge in [0.15, 0.2) is 5.96 Å². The predicted octanol–water partition coefficient (Wildman–Crippen LogP) is 2.77. The molecule has 2 N–H and O–H groups in total. The van der Waals surface area contributed by atoms with Crippen LogP contribution in [-0.4, -0.2) is 25.1 Å². The summed E-state index contributed by atoms with van der Waals surface area (Å²) in [5, 5.41) is 6.55. The zero-order valence-corrected chi connectivity index (χ0v) is 13.4. The molecule has 1 aromatic rings. The molecule has 0 spiro atoms. The molecule has 6 heteroatoms. The third kappa shape index (κ3) is 3.59. The van der Waals surface area contributed by atoms with E-state index in [9.17, 15) is 8.78 Å². The summed E-state index contributed by atoms with van der Waals surface area (Å²) in [4.78, 5) is 4.35. The van der Waals surface area contributed by atoms with Crippen LogP contribution in [0.1, 0.15) is 30.7 Å². The molecule has 0 unspecified atom stereocenters. The fraction of sp³-hybridized carbons (Fsp3) is 0.500. The molecule has 1 aliphatic heterocycles. The highest BCUT2D eigenvalue weighted by Gasteiger charge is 2.31. The van der Waals surface area contributed by atoms with Crippen LogP contribution >= 0.6 is 24.0 Å². The Kier molecular flexibility index (Phi) is 5.17.